The highest BCUT2D eigenvalue weighted by molar-refractivity contribution is 5.69. The van der Waals surface area contributed by atoms with Gasteiger partial charge in [-0.2, -0.15) is 0 Å². The third-order valence-corrected chi connectivity index (χ3v) is 6.83. The fourth-order valence-electron chi connectivity index (χ4n) is 5.19. The second kappa shape index (κ2) is 5.85. The van der Waals surface area contributed by atoms with E-state index in [1.165, 1.54) is 0 Å². The number of ether oxygens (including phenoxy) is 1. The summed E-state index contributed by atoms with van der Waals surface area (Å²) in [6.07, 6.45) is 5.89. The molecule has 0 aromatic heterocycles. The van der Waals surface area contributed by atoms with E-state index in [1.807, 2.05) is 25.7 Å². The summed E-state index contributed by atoms with van der Waals surface area (Å²) in [5.74, 6) is 0.362. The maximum atomic E-state index is 12.7. The van der Waals surface area contributed by atoms with Crippen molar-refractivity contribution in [2.45, 2.75) is 102 Å². The molecule has 0 spiro atoms. The summed E-state index contributed by atoms with van der Waals surface area (Å²) in [7, 11) is 0. The number of fused-ring (bicyclic) bond motifs is 3. The van der Waals surface area contributed by atoms with Gasteiger partial charge in [-0.1, -0.05) is 13.8 Å². The second-order valence-corrected chi connectivity index (χ2v) is 10.5. The molecular weight excluding hydrogens is 316 g/mol. The predicted molar refractivity (Wildman–Crippen MR) is 98.2 cm³/mol. The van der Waals surface area contributed by atoms with E-state index in [1.54, 1.807) is 0 Å². The van der Waals surface area contributed by atoms with Gasteiger partial charge in [-0.3, -0.25) is 0 Å². The van der Waals surface area contributed by atoms with Crippen LogP contribution in [0.3, 0.4) is 0 Å². The quantitative estimate of drug-likeness (QED) is 0.758. The lowest BCUT2D eigenvalue weighted by atomic mass is 9.55. The van der Waals surface area contributed by atoms with Gasteiger partial charge in [0.15, 0.2) is 0 Å². The molecule has 3 atom stereocenters. The van der Waals surface area contributed by atoms with Crippen LogP contribution in [0.1, 0.15) is 79.6 Å². The van der Waals surface area contributed by atoms with Crippen molar-refractivity contribution in [3.63, 3.8) is 0 Å². The molecule has 5 heteroatoms. The zero-order chi connectivity index (χ0) is 18.7. The Kier molecular flexibility index (Phi) is 4.44. The van der Waals surface area contributed by atoms with Gasteiger partial charge in [0, 0.05) is 6.54 Å². The number of hydrogen-bond donors (Lipinski definition) is 2. The summed E-state index contributed by atoms with van der Waals surface area (Å²) >= 11 is 0. The van der Waals surface area contributed by atoms with Crippen LogP contribution in [0, 0.1) is 11.3 Å². The Morgan fingerprint density at radius 1 is 1.16 bits per heavy atom. The Balaban J connectivity index is 1.83. The third kappa shape index (κ3) is 3.42. The molecule has 2 bridgehead atoms. The molecular formula is C20H36N2O3. The molecule has 25 heavy (non-hydrogen) atoms. The number of amides is 1. The first-order valence-electron chi connectivity index (χ1n) is 9.86. The van der Waals surface area contributed by atoms with Crippen LogP contribution in [-0.2, 0) is 4.74 Å². The molecule has 3 N–H and O–H groups in total. The average Bonchev–Trinajstić information content (AvgIpc) is 2.49. The fraction of sp³-hybridized carbons (Fsp3) is 0.950. The summed E-state index contributed by atoms with van der Waals surface area (Å²) in [6, 6.07) is -0.126. The molecule has 5 nitrogen and oxygen atoms in total. The van der Waals surface area contributed by atoms with E-state index in [4.69, 9.17) is 10.5 Å². The Hall–Kier alpha value is -0.810. The monoisotopic (exact) mass is 352 g/mol. The molecule has 2 saturated heterocycles. The van der Waals surface area contributed by atoms with Gasteiger partial charge in [0.2, 0.25) is 0 Å². The summed E-state index contributed by atoms with van der Waals surface area (Å²) in [5, 5.41) is 11.5. The summed E-state index contributed by atoms with van der Waals surface area (Å²) < 4.78 is 5.63. The van der Waals surface area contributed by atoms with Gasteiger partial charge in [0.05, 0.1) is 17.2 Å². The van der Waals surface area contributed by atoms with Gasteiger partial charge in [-0.25, -0.2) is 4.79 Å². The summed E-state index contributed by atoms with van der Waals surface area (Å²) in [6.45, 7) is 10.9. The first-order chi connectivity index (χ1) is 11.4. The van der Waals surface area contributed by atoms with E-state index >= 15 is 0 Å². The highest BCUT2D eigenvalue weighted by Gasteiger charge is 2.61. The zero-order valence-electron chi connectivity index (χ0n) is 16.6. The minimum Gasteiger partial charge on any atom is -0.444 e. The predicted octanol–water partition coefficient (Wildman–Crippen LogP) is 3.43. The lowest BCUT2D eigenvalue weighted by molar-refractivity contribution is -0.150. The van der Waals surface area contributed by atoms with Crippen molar-refractivity contribution < 1.29 is 14.6 Å². The Labute approximate surface area is 152 Å². The van der Waals surface area contributed by atoms with Crippen molar-refractivity contribution in [1.29, 1.82) is 0 Å². The fourth-order valence-corrected chi connectivity index (χ4v) is 5.19. The maximum Gasteiger partial charge on any atom is 0.410 e. The number of nitrogens with zero attached hydrogens (tertiary/aromatic N) is 1. The van der Waals surface area contributed by atoms with E-state index in [9.17, 15) is 9.90 Å². The molecule has 0 radical (unpaired) electrons. The molecule has 0 aromatic rings. The Morgan fingerprint density at radius 2 is 1.76 bits per heavy atom. The van der Waals surface area contributed by atoms with Crippen LogP contribution < -0.4 is 5.73 Å². The number of hydrogen-bond acceptors (Lipinski definition) is 4. The Morgan fingerprint density at radius 3 is 2.28 bits per heavy atom. The molecule has 1 amide bonds. The molecule has 2 heterocycles. The third-order valence-electron chi connectivity index (χ3n) is 6.83. The molecule has 3 unspecified atom stereocenters. The van der Waals surface area contributed by atoms with E-state index < -0.39 is 16.7 Å². The molecule has 0 aromatic carbocycles. The molecule has 144 valence electrons. The van der Waals surface area contributed by atoms with Crippen LogP contribution in [0.15, 0.2) is 0 Å². The van der Waals surface area contributed by atoms with Gasteiger partial charge in [-0.15, -0.1) is 0 Å². The van der Waals surface area contributed by atoms with Crippen molar-refractivity contribution in [3.05, 3.63) is 0 Å². The van der Waals surface area contributed by atoms with Crippen LogP contribution in [0.2, 0.25) is 0 Å². The normalized spacial score (nSPS) is 37.0. The number of carbonyl (C=O) groups excluding carboxylic acids is 1. The van der Waals surface area contributed by atoms with Gasteiger partial charge in [0.1, 0.15) is 5.60 Å². The van der Waals surface area contributed by atoms with E-state index in [0.29, 0.717) is 12.5 Å². The van der Waals surface area contributed by atoms with Gasteiger partial charge < -0.3 is 20.5 Å². The van der Waals surface area contributed by atoms with Crippen LogP contribution in [0.25, 0.3) is 0 Å². The van der Waals surface area contributed by atoms with Gasteiger partial charge in [-0.05, 0) is 77.0 Å². The number of nitrogens with two attached hydrogens (primary N) is 1. The van der Waals surface area contributed by atoms with Crippen molar-refractivity contribution in [3.8, 4) is 0 Å². The van der Waals surface area contributed by atoms with Gasteiger partial charge in [0.25, 0.3) is 0 Å². The highest BCUT2D eigenvalue weighted by atomic mass is 16.6. The molecule has 4 aliphatic rings. The SMILES string of the molecule is CC1(C)CCC(O)(C2(N)CC3CCC2N(C(=O)OC(C)(C)C)C3)CC1. The Bertz CT molecular complexity index is 530. The first-order valence-corrected chi connectivity index (χ1v) is 9.86. The minimum absolute atomic E-state index is 0.126. The molecule has 4 fully saturated rings. The number of aliphatic hydroxyl groups is 1. The standard InChI is InChI=1S/C20H36N2O3/c1-17(2,3)25-16(23)22-13-14-6-7-15(22)20(21,12-14)19(24)10-8-18(4,5)9-11-19/h14-15,24H,6-13,21H2,1-5H3. The minimum atomic E-state index is -0.882. The average molecular weight is 353 g/mol. The maximum absolute atomic E-state index is 12.7. The second-order valence-electron chi connectivity index (χ2n) is 10.5. The topological polar surface area (TPSA) is 75.8 Å². The smallest absolute Gasteiger partial charge is 0.410 e. The van der Waals surface area contributed by atoms with Crippen molar-refractivity contribution in [1.82, 2.24) is 4.90 Å². The van der Waals surface area contributed by atoms with Crippen LogP contribution in [0.4, 0.5) is 4.79 Å². The van der Waals surface area contributed by atoms with E-state index in [0.717, 1.165) is 44.9 Å². The molecule has 2 aliphatic carbocycles. The van der Waals surface area contributed by atoms with Crippen LogP contribution in [0.5, 0.6) is 0 Å². The first kappa shape index (κ1) is 19.0. The summed E-state index contributed by atoms with van der Waals surface area (Å²) in [4.78, 5) is 14.6. The van der Waals surface area contributed by atoms with Crippen molar-refractivity contribution in [2.24, 2.45) is 17.1 Å². The van der Waals surface area contributed by atoms with Crippen LogP contribution >= 0.6 is 0 Å². The lowest BCUT2D eigenvalue weighted by Gasteiger charge is -2.62. The molecule has 2 saturated carbocycles. The van der Waals surface area contributed by atoms with E-state index in [-0.39, 0.29) is 17.6 Å². The van der Waals surface area contributed by atoms with Gasteiger partial charge >= 0.3 is 6.09 Å². The molecule has 4 rings (SSSR count). The largest absolute Gasteiger partial charge is 0.444 e. The number of piperidine rings is 2. The number of carbonyl (C=O) groups is 1. The zero-order valence-corrected chi connectivity index (χ0v) is 16.6. The van der Waals surface area contributed by atoms with Crippen LogP contribution in [-0.4, -0.2) is 45.4 Å². The highest BCUT2D eigenvalue weighted by Crippen LogP contribution is 2.52. The number of rotatable bonds is 1. The van der Waals surface area contributed by atoms with Crippen molar-refractivity contribution in [2.75, 3.05) is 6.54 Å². The summed E-state index contributed by atoms with van der Waals surface area (Å²) in [5.41, 5.74) is 5.08. The van der Waals surface area contributed by atoms with Crippen molar-refractivity contribution >= 4 is 6.09 Å². The van der Waals surface area contributed by atoms with E-state index in [2.05, 4.69) is 13.8 Å². The lowest BCUT2D eigenvalue weighted by Crippen LogP contribution is -2.77. The molecule has 2 aliphatic heterocycles.